The largest absolute Gasteiger partial charge is 0.351 e. The van der Waals surface area contributed by atoms with Crippen molar-refractivity contribution in [2.45, 2.75) is 38.3 Å². The third kappa shape index (κ3) is 4.17. The van der Waals surface area contributed by atoms with E-state index in [9.17, 15) is 9.59 Å². The lowest BCUT2D eigenvalue weighted by atomic mass is 10.0. The maximum Gasteiger partial charge on any atom is 0.259 e. The normalized spacial score (nSPS) is 18.4. The highest BCUT2D eigenvalue weighted by Gasteiger charge is 2.37. The van der Waals surface area contributed by atoms with Gasteiger partial charge in [-0.25, -0.2) is 0 Å². The third-order valence-electron chi connectivity index (χ3n) is 6.24. The quantitative estimate of drug-likeness (QED) is 0.805. The van der Waals surface area contributed by atoms with E-state index in [-0.39, 0.29) is 17.9 Å². The second-order valence-electron chi connectivity index (χ2n) is 8.20. The molecule has 1 saturated heterocycles. The summed E-state index contributed by atoms with van der Waals surface area (Å²) in [5, 5.41) is 3.16. The Morgan fingerprint density at radius 2 is 1.70 bits per heavy atom. The summed E-state index contributed by atoms with van der Waals surface area (Å²) in [5.74, 6) is -0.256. The standard InChI is InChI=1S/C25H29N3O2/c1-18-22-10-6-7-11-23(22)25(30)28(18)19(2)24(29)26-21-13-16-27(17-14-21)15-12-20-8-4-3-5-9-20/h3-11,19,21H,1,12-17H2,2H3,(H,26,29)/t19-/m1/s1. The zero-order chi connectivity index (χ0) is 21.1. The van der Waals surface area contributed by atoms with Gasteiger partial charge in [-0.1, -0.05) is 55.1 Å². The molecule has 0 aromatic heterocycles. The molecule has 2 amide bonds. The Balaban J connectivity index is 1.27. The van der Waals surface area contributed by atoms with Crippen molar-refractivity contribution in [3.63, 3.8) is 0 Å². The van der Waals surface area contributed by atoms with Crippen LogP contribution >= 0.6 is 0 Å². The van der Waals surface area contributed by atoms with E-state index in [0.717, 1.165) is 44.5 Å². The lowest BCUT2D eigenvalue weighted by molar-refractivity contribution is -0.125. The number of benzene rings is 2. The molecule has 30 heavy (non-hydrogen) atoms. The van der Waals surface area contributed by atoms with Crippen LogP contribution in [-0.4, -0.2) is 53.3 Å². The summed E-state index contributed by atoms with van der Waals surface area (Å²) in [4.78, 5) is 29.6. The van der Waals surface area contributed by atoms with Crippen molar-refractivity contribution >= 4 is 17.5 Å². The van der Waals surface area contributed by atoms with Gasteiger partial charge in [0.25, 0.3) is 5.91 Å². The fourth-order valence-corrected chi connectivity index (χ4v) is 4.38. The summed E-state index contributed by atoms with van der Waals surface area (Å²) in [6.07, 6.45) is 2.92. The van der Waals surface area contributed by atoms with Gasteiger partial charge in [0.15, 0.2) is 0 Å². The van der Waals surface area contributed by atoms with Crippen LogP contribution in [0.2, 0.25) is 0 Å². The van der Waals surface area contributed by atoms with Crippen molar-refractivity contribution in [1.29, 1.82) is 0 Å². The lowest BCUT2D eigenvalue weighted by Crippen LogP contribution is -2.51. The number of likely N-dealkylation sites (tertiary alicyclic amines) is 1. The van der Waals surface area contributed by atoms with E-state index in [1.165, 1.54) is 10.5 Å². The number of nitrogens with one attached hydrogen (secondary N) is 1. The molecule has 2 aliphatic heterocycles. The minimum atomic E-state index is -0.575. The molecular weight excluding hydrogens is 374 g/mol. The van der Waals surface area contributed by atoms with E-state index in [2.05, 4.69) is 41.1 Å². The number of hydrogen-bond acceptors (Lipinski definition) is 3. The molecule has 0 radical (unpaired) electrons. The van der Waals surface area contributed by atoms with Gasteiger partial charge in [0.2, 0.25) is 5.91 Å². The minimum absolute atomic E-state index is 0.111. The molecule has 2 heterocycles. The van der Waals surface area contributed by atoms with Crippen LogP contribution in [0.15, 0.2) is 61.2 Å². The zero-order valence-electron chi connectivity index (χ0n) is 17.5. The summed E-state index contributed by atoms with van der Waals surface area (Å²) in [6.45, 7) is 8.83. The summed E-state index contributed by atoms with van der Waals surface area (Å²) >= 11 is 0. The molecule has 1 N–H and O–H groups in total. The molecule has 1 atom stereocenters. The number of piperidine rings is 1. The fraction of sp³-hybridized carbons (Fsp3) is 0.360. The zero-order valence-corrected chi connectivity index (χ0v) is 17.5. The van der Waals surface area contributed by atoms with Crippen LogP contribution in [0.5, 0.6) is 0 Å². The van der Waals surface area contributed by atoms with E-state index in [1.807, 2.05) is 24.3 Å². The van der Waals surface area contributed by atoms with Crippen LogP contribution in [0.4, 0.5) is 0 Å². The van der Waals surface area contributed by atoms with Crippen LogP contribution in [0.3, 0.4) is 0 Å². The Bertz CT molecular complexity index is 897. The Hall–Kier alpha value is -2.92. The van der Waals surface area contributed by atoms with Gasteiger partial charge in [-0.2, -0.15) is 0 Å². The van der Waals surface area contributed by atoms with Gasteiger partial charge < -0.3 is 10.2 Å². The maximum absolute atomic E-state index is 12.9. The van der Waals surface area contributed by atoms with Gasteiger partial charge in [-0.05, 0) is 37.8 Å². The number of nitrogens with zero attached hydrogens (tertiary/aromatic N) is 2. The van der Waals surface area contributed by atoms with Gasteiger partial charge in [0.1, 0.15) is 6.04 Å². The molecule has 5 nitrogen and oxygen atoms in total. The molecule has 0 aliphatic carbocycles. The lowest BCUT2D eigenvalue weighted by Gasteiger charge is -2.33. The fourth-order valence-electron chi connectivity index (χ4n) is 4.38. The first-order valence-electron chi connectivity index (χ1n) is 10.7. The van der Waals surface area contributed by atoms with Gasteiger partial charge in [0, 0.05) is 42.5 Å². The first-order chi connectivity index (χ1) is 14.5. The van der Waals surface area contributed by atoms with Crippen molar-refractivity contribution < 1.29 is 9.59 Å². The number of carbonyl (C=O) groups is 2. The first-order valence-corrected chi connectivity index (χ1v) is 10.7. The molecule has 1 fully saturated rings. The molecule has 0 saturated carbocycles. The third-order valence-corrected chi connectivity index (χ3v) is 6.24. The van der Waals surface area contributed by atoms with E-state index < -0.39 is 6.04 Å². The summed E-state index contributed by atoms with van der Waals surface area (Å²) in [7, 11) is 0. The van der Waals surface area contributed by atoms with Crippen molar-refractivity contribution in [2.75, 3.05) is 19.6 Å². The molecule has 0 spiro atoms. The Labute approximate surface area is 178 Å². The number of amides is 2. The van der Waals surface area contributed by atoms with Gasteiger partial charge in [-0.3, -0.25) is 14.5 Å². The van der Waals surface area contributed by atoms with E-state index >= 15 is 0 Å². The van der Waals surface area contributed by atoms with Crippen molar-refractivity contribution in [3.8, 4) is 0 Å². The van der Waals surface area contributed by atoms with E-state index in [0.29, 0.717) is 11.3 Å². The van der Waals surface area contributed by atoms with Crippen LogP contribution in [0, 0.1) is 0 Å². The summed E-state index contributed by atoms with van der Waals surface area (Å²) in [6, 6.07) is 17.5. The number of fused-ring (bicyclic) bond motifs is 1. The van der Waals surface area contributed by atoms with Crippen molar-refractivity contribution in [1.82, 2.24) is 15.1 Å². The summed E-state index contributed by atoms with van der Waals surface area (Å²) < 4.78 is 0. The van der Waals surface area contributed by atoms with E-state index in [1.54, 1.807) is 13.0 Å². The van der Waals surface area contributed by atoms with Crippen LogP contribution in [-0.2, 0) is 11.2 Å². The Morgan fingerprint density at radius 1 is 1.07 bits per heavy atom. The predicted molar refractivity (Wildman–Crippen MR) is 119 cm³/mol. The topological polar surface area (TPSA) is 52.7 Å². The van der Waals surface area contributed by atoms with Crippen molar-refractivity contribution in [3.05, 3.63) is 77.9 Å². The number of carbonyl (C=O) groups excluding carboxylic acids is 2. The summed E-state index contributed by atoms with van der Waals surface area (Å²) in [5.41, 5.74) is 3.40. The molecule has 156 valence electrons. The van der Waals surface area contributed by atoms with Crippen molar-refractivity contribution in [2.24, 2.45) is 0 Å². The van der Waals surface area contributed by atoms with Crippen LogP contribution in [0.25, 0.3) is 5.70 Å². The van der Waals surface area contributed by atoms with Gasteiger partial charge in [-0.15, -0.1) is 0 Å². The Kier molecular flexibility index (Phi) is 6.00. The second kappa shape index (κ2) is 8.84. The number of rotatable bonds is 6. The molecule has 0 unspecified atom stereocenters. The SMILES string of the molecule is C=C1c2ccccc2C(=O)N1[C@H](C)C(=O)NC1CCN(CCc2ccccc2)CC1. The Morgan fingerprint density at radius 3 is 2.37 bits per heavy atom. The first kappa shape index (κ1) is 20.4. The highest BCUT2D eigenvalue weighted by molar-refractivity contribution is 6.10. The molecule has 2 aromatic carbocycles. The molecule has 2 aliphatic rings. The molecule has 2 aromatic rings. The molecular formula is C25H29N3O2. The molecule has 0 bridgehead atoms. The predicted octanol–water partition coefficient (Wildman–Crippen LogP) is 3.32. The monoisotopic (exact) mass is 403 g/mol. The average molecular weight is 404 g/mol. The molecule has 4 rings (SSSR count). The molecule has 5 heteroatoms. The van der Waals surface area contributed by atoms with Gasteiger partial charge in [0.05, 0.1) is 0 Å². The van der Waals surface area contributed by atoms with Crippen LogP contribution in [0.1, 0.15) is 41.3 Å². The van der Waals surface area contributed by atoms with E-state index in [4.69, 9.17) is 0 Å². The highest BCUT2D eigenvalue weighted by atomic mass is 16.2. The maximum atomic E-state index is 12.9. The smallest absolute Gasteiger partial charge is 0.259 e. The minimum Gasteiger partial charge on any atom is -0.351 e. The number of hydrogen-bond donors (Lipinski definition) is 1. The van der Waals surface area contributed by atoms with Gasteiger partial charge >= 0.3 is 0 Å². The second-order valence-corrected chi connectivity index (χ2v) is 8.20. The van der Waals surface area contributed by atoms with Crippen LogP contribution < -0.4 is 5.32 Å². The highest BCUT2D eigenvalue weighted by Crippen LogP contribution is 2.32. The average Bonchev–Trinajstić information content (AvgIpc) is 3.04.